The van der Waals surface area contributed by atoms with Crippen LogP contribution in [0.1, 0.15) is 32.6 Å². The lowest BCUT2D eigenvalue weighted by Gasteiger charge is -2.20. The number of amides is 1. The first-order valence-electron chi connectivity index (χ1n) is 6.59. The van der Waals surface area contributed by atoms with Crippen LogP contribution in [0.4, 0.5) is 0 Å². The number of carbonyl (C=O) groups is 2. The van der Waals surface area contributed by atoms with Crippen molar-refractivity contribution in [1.82, 2.24) is 10.6 Å². The Balaban J connectivity index is 2.44. The van der Waals surface area contributed by atoms with E-state index >= 15 is 0 Å². The van der Waals surface area contributed by atoms with E-state index in [2.05, 4.69) is 10.6 Å². The number of hydrogen-bond donors (Lipinski definition) is 2. The van der Waals surface area contributed by atoms with Crippen LogP contribution in [-0.4, -0.2) is 31.6 Å². The molecule has 0 aliphatic carbocycles. The Morgan fingerprint density at radius 3 is 2.55 bits per heavy atom. The second-order valence-electron chi connectivity index (χ2n) is 4.93. The van der Waals surface area contributed by atoms with E-state index in [0.717, 1.165) is 0 Å². The average Bonchev–Trinajstić information content (AvgIpc) is 2.92. The lowest BCUT2D eigenvalue weighted by atomic mass is 10.0. The summed E-state index contributed by atoms with van der Waals surface area (Å²) in [6.07, 6.45) is 1.56. The van der Waals surface area contributed by atoms with Gasteiger partial charge < -0.3 is 14.5 Å². The molecule has 1 aromatic rings. The molecule has 1 rings (SSSR count). The van der Waals surface area contributed by atoms with Gasteiger partial charge in [-0.25, -0.2) is 0 Å². The summed E-state index contributed by atoms with van der Waals surface area (Å²) in [6.45, 7) is 5.65. The zero-order chi connectivity index (χ0) is 15.1. The lowest BCUT2D eigenvalue weighted by molar-refractivity contribution is -0.144. The largest absolute Gasteiger partial charge is 0.468 e. The van der Waals surface area contributed by atoms with E-state index in [0.29, 0.717) is 5.76 Å². The number of ether oxygens (including phenoxy) is 1. The number of esters is 1. The van der Waals surface area contributed by atoms with Crippen molar-refractivity contribution in [3.05, 3.63) is 24.2 Å². The Bertz CT molecular complexity index is 428. The fourth-order valence-corrected chi connectivity index (χ4v) is 1.82. The van der Waals surface area contributed by atoms with Crippen LogP contribution < -0.4 is 10.6 Å². The standard InChI is InChI=1S/C14H22N2O4/c1-9(2)13(14(18)19-4)15-8-12(17)16-10(3)11-6-5-7-20-11/h5-7,9-10,13,15H,8H2,1-4H3,(H,16,17). The highest BCUT2D eigenvalue weighted by Gasteiger charge is 2.23. The van der Waals surface area contributed by atoms with Gasteiger partial charge in [-0.05, 0) is 25.0 Å². The van der Waals surface area contributed by atoms with E-state index in [1.165, 1.54) is 7.11 Å². The van der Waals surface area contributed by atoms with Gasteiger partial charge in [0, 0.05) is 0 Å². The van der Waals surface area contributed by atoms with Crippen molar-refractivity contribution >= 4 is 11.9 Å². The van der Waals surface area contributed by atoms with E-state index in [-0.39, 0.29) is 30.4 Å². The summed E-state index contributed by atoms with van der Waals surface area (Å²) in [5, 5.41) is 5.69. The number of carbonyl (C=O) groups excluding carboxylic acids is 2. The summed E-state index contributed by atoms with van der Waals surface area (Å²) in [7, 11) is 1.33. The molecule has 6 nitrogen and oxygen atoms in total. The Labute approximate surface area is 118 Å². The molecule has 0 aliphatic rings. The van der Waals surface area contributed by atoms with Crippen molar-refractivity contribution in [3.8, 4) is 0 Å². The smallest absolute Gasteiger partial charge is 0.323 e. The van der Waals surface area contributed by atoms with Gasteiger partial charge in [-0.3, -0.25) is 14.9 Å². The predicted octanol–water partition coefficient (Wildman–Crippen LogP) is 1.24. The first-order chi connectivity index (χ1) is 9.45. The summed E-state index contributed by atoms with van der Waals surface area (Å²) >= 11 is 0. The van der Waals surface area contributed by atoms with Crippen molar-refractivity contribution in [3.63, 3.8) is 0 Å². The summed E-state index contributed by atoms with van der Waals surface area (Å²) in [5.41, 5.74) is 0. The van der Waals surface area contributed by atoms with Crippen molar-refractivity contribution in [1.29, 1.82) is 0 Å². The SMILES string of the molecule is COC(=O)C(NCC(=O)NC(C)c1ccco1)C(C)C. The fourth-order valence-electron chi connectivity index (χ4n) is 1.82. The summed E-state index contributed by atoms with van der Waals surface area (Å²) < 4.78 is 9.90. The third-order valence-corrected chi connectivity index (χ3v) is 2.95. The van der Waals surface area contributed by atoms with Gasteiger partial charge in [0.25, 0.3) is 0 Å². The van der Waals surface area contributed by atoms with E-state index in [1.807, 2.05) is 20.8 Å². The number of methoxy groups -OCH3 is 1. The molecule has 6 heteroatoms. The van der Waals surface area contributed by atoms with Crippen LogP contribution in [0.5, 0.6) is 0 Å². The zero-order valence-corrected chi connectivity index (χ0v) is 12.3. The molecular weight excluding hydrogens is 260 g/mol. The molecule has 0 aliphatic heterocycles. The van der Waals surface area contributed by atoms with E-state index in [9.17, 15) is 9.59 Å². The normalized spacial score (nSPS) is 13.8. The van der Waals surface area contributed by atoms with Gasteiger partial charge in [-0.2, -0.15) is 0 Å². The number of furan rings is 1. The van der Waals surface area contributed by atoms with Gasteiger partial charge in [0.2, 0.25) is 5.91 Å². The third kappa shape index (κ3) is 4.70. The van der Waals surface area contributed by atoms with Crippen LogP contribution in [-0.2, 0) is 14.3 Å². The number of hydrogen-bond acceptors (Lipinski definition) is 5. The summed E-state index contributed by atoms with van der Waals surface area (Å²) in [5.74, 6) is 0.153. The molecule has 0 saturated heterocycles. The third-order valence-electron chi connectivity index (χ3n) is 2.95. The molecule has 1 amide bonds. The van der Waals surface area contributed by atoms with Crippen LogP contribution in [0.25, 0.3) is 0 Å². The van der Waals surface area contributed by atoms with Gasteiger partial charge in [-0.1, -0.05) is 13.8 Å². The maximum absolute atomic E-state index is 11.8. The highest BCUT2D eigenvalue weighted by Crippen LogP contribution is 2.11. The van der Waals surface area contributed by atoms with Crippen LogP contribution in [0.3, 0.4) is 0 Å². The molecule has 2 atom stereocenters. The van der Waals surface area contributed by atoms with Crippen LogP contribution in [0.2, 0.25) is 0 Å². The topological polar surface area (TPSA) is 80.6 Å². The van der Waals surface area contributed by atoms with Gasteiger partial charge >= 0.3 is 5.97 Å². The Morgan fingerprint density at radius 1 is 1.35 bits per heavy atom. The minimum Gasteiger partial charge on any atom is -0.468 e. The molecule has 112 valence electrons. The van der Waals surface area contributed by atoms with Crippen molar-refractivity contribution in [2.45, 2.75) is 32.9 Å². The molecular formula is C14H22N2O4. The molecule has 20 heavy (non-hydrogen) atoms. The molecule has 1 heterocycles. The molecule has 2 N–H and O–H groups in total. The molecule has 0 bridgehead atoms. The molecule has 0 spiro atoms. The fraction of sp³-hybridized carbons (Fsp3) is 0.571. The molecule has 0 saturated carbocycles. The zero-order valence-electron chi connectivity index (χ0n) is 12.3. The van der Waals surface area contributed by atoms with Crippen molar-refractivity contribution in [2.75, 3.05) is 13.7 Å². The Kier molecular flexibility index (Phi) is 6.24. The highest BCUT2D eigenvalue weighted by molar-refractivity contribution is 5.80. The number of rotatable bonds is 7. The van der Waals surface area contributed by atoms with Crippen LogP contribution >= 0.6 is 0 Å². The minimum absolute atomic E-state index is 0.0396. The molecule has 1 aromatic heterocycles. The van der Waals surface area contributed by atoms with Crippen LogP contribution in [0, 0.1) is 5.92 Å². The van der Waals surface area contributed by atoms with Gasteiger partial charge in [-0.15, -0.1) is 0 Å². The van der Waals surface area contributed by atoms with E-state index < -0.39 is 6.04 Å². The second-order valence-corrected chi connectivity index (χ2v) is 4.93. The Morgan fingerprint density at radius 2 is 2.05 bits per heavy atom. The van der Waals surface area contributed by atoms with Gasteiger partial charge in [0.1, 0.15) is 11.8 Å². The maximum atomic E-state index is 11.8. The number of nitrogens with one attached hydrogen (secondary N) is 2. The summed E-state index contributed by atoms with van der Waals surface area (Å²) in [4.78, 5) is 23.4. The maximum Gasteiger partial charge on any atom is 0.323 e. The van der Waals surface area contributed by atoms with E-state index in [1.54, 1.807) is 18.4 Å². The van der Waals surface area contributed by atoms with Gasteiger partial charge in [0.05, 0.1) is 26.0 Å². The minimum atomic E-state index is -0.496. The van der Waals surface area contributed by atoms with Crippen molar-refractivity contribution < 1.29 is 18.7 Å². The molecule has 0 radical (unpaired) electrons. The predicted molar refractivity (Wildman–Crippen MR) is 73.9 cm³/mol. The quantitative estimate of drug-likeness (QED) is 0.736. The van der Waals surface area contributed by atoms with E-state index in [4.69, 9.17) is 9.15 Å². The second kappa shape index (κ2) is 7.69. The highest BCUT2D eigenvalue weighted by atomic mass is 16.5. The first kappa shape index (κ1) is 16.2. The molecule has 2 unspecified atom stereocenters. The van der Waals surface area contributed by atoms with Gasteiger partial charge in [0.15, 0.2) is 0 Å². The van der Waals surface area contributed by atoms with Crippen molar-refractivity contribution in [2.24, 2.45) is 5.92 Å². The first-order valence-corrected chi connectivity index (χ1v) is 6.59. The molecule has 0 fully saturated rings. The molecule has 0 aromatic carbocycles. The lowest BCUT2D eigenvalue weighted by Crippen LogP contribution is -2.46. The monoisotopic (exact) mass is 282 g/mol. The van der Waals surface area contributed by atoms with Crippen LogP contribution in [0.15, 0.2) is 22.8 Å². The average molecular weight is 282 g/mol. The summed E-state index contributed by atoms with van der Waals surface area (Å²) in [6, 6.07) is 2.85. The Hall–Kier alpha value is -1.82.